The summed E-state index contributed by atoms with van der Waals surface area (Å²) < 4.78 is 31.8. The first-order valence-electron chi connectivity index (χ1n) is 8.11. The van der Waals surface area contributed by atoms with Gasteiger partial charge in [0.25, 0.3) is 5.91 Å². The number of hydrogen-bond acceptors (Lipinski definition) is 6. The average Bonchev–Trinajstić information content (AvgIpc) is 2.98. The van der Waals surface area contributed by atoms with Crippen molar-refractivity contribution in [2.24, 2.45) is 5.92 Å². The largest absolute Gasteiger partial charge is 0.391 e. The number of hydrogen-bond donors (Lipinski definition) is 4. The molecule has 0 radical (unpaired) electrons. The lowest BCUT2D eigenvalue weighted by atomic mass is 10.1. The summed E-state index contributed by atoms with van der Waals surface area (Å²) in [5.74, 6) is -0.405. The summed E-state index contributed by atoms with van der Waals surface area (Å²) in [6.45, 7) is 3.64. The van der Waals surface area contributed by atoms with Crippen molar-refractivity contribution in [2.45, 2.75) is 17.9 Å². The monoisotopic (exact) mass is 407 g/mol. The van der Waals surface area contributed by atoms with Crippen LogP contribution in [0.1, 0.15) is 15.9 Å². The third-order valence-electron chi connectivity index (χ3n) is 4.19. The lowest BCUT2D eigenvalue weighted by Crippen LogP contribution is -2.34. The molecular weight excluding hydrogens is 382 g/mol. The summed E-state index contributed by atoms with van der Waals surface area (Å²) in [5, 5.41) is 15.6. The zero-order valence-corrected chi connectivity index (χ0v) is 16.5. The molecule has 26 heavy (non-hydrogen) atoms. The average molecular weight is 408 g/mol. The van der Waals surface area contributed by atoms with Gasteiger partial charge in [0.2, 0.25) is 10.0 Å². The molecule has 2 unspecified atom stereocenters. The van der Waals surface area contributed by atoms with E-state index >= 15 is 0 Å². The number of methoxy groups -OCH3 is 1. The fraction of sp³-hybridized carbons (Fsp3) is 0.562. The van der Waals surface area contributed by atoms with Crippen molar-refractivity contribution >= 4 is 28.3 Å². The number of amides is 1. The number of carbonyl (C=O) groups is 1. The van der Waals surface area contributed by atoms with E-state index in [1.807, 2.05) is 0 Å². The highest BCUT2D eigenvalue weighted by molar-refractivity contribution is 7.89. The molecule has 0 spiro atoms. The standard InChI is InChI=1S/C16H25N3O5S.ClH/c1-11-3-4-13(25(22,23)19-5-6-24-2)7-14(11)16(21)18-9-12-8-17-10-15(12)20;/h3-4,7,12,15,17,19-20H,5-6,8-10H2,1-2H3,(H,18,21);1H. The Bertz CT molecular complexity index is 714. The van der Waals surface area contributed by atoms with Crippen molar-refractivity contribution in [1.82, 2.24) is 15.4 Å². The molecule has 148 valence electrons. The summed E-state index contributed by atoms with van der Waals surface area (Å²) in [7, 11) is -2.22. The first-order valence-corrected chi connectivity index (χ1v) is 9.59. The maximum Gasteiger partial charge on any atom is 0.251 e. The number of ether oxygens (including phenoxy) is 1. The first kappa shape index (κ1) is 22.8. The van der Waals surface area contributed by atoms with E-state index in [-0.39, 0.29) is 42.3 Å². The number of carbonyl (C=O) groups excluding carboxylic acids is 1. The van der Waals surface area contributed by atoms with Crippen LogP contribution in [0.3, 0.4) is 0 Å². The molecule has 2 atom stereocenters. The molecule has 1 aliphatic rings. The molecule has 1 saturated heterocycles. The van der Waals surface area contributed by atoms with Crippen LogP contribution in [0.2, 0.25) is 0 Å². The highest BCUT2D eigenvalue weighted by Gasteiger charge is 2.25. The van der Waals surface area contributed by atoms with Crippen LogP contribution in [0, 0.1) is 12.8 Å². The summed E-state index contributed by atoms with van der Waals surface area (Å²) in [6.07, 6.45) is -0.488. The molecule has 0 saturated carbocycles. The van der Waals surface area contributed by atoms with Gasteiger partial charge in [-0.3, -0.25) is 4.79 Å². The second-order valence-electron chi connectivity index (χ2n) is 6.06. The van der Waals surface area contributed by atoms with Gasteiger partial charge in [-0.25, -0.2) is 13.1 Å². The Hall–Kier alpha value is -1.23. The number of rotatable bonds is 8. The number of aliphatic hydroxyl groups is 1. The topological polar surface area (TPSA) is 117 Å². The molecule has 0 bridgehead atoms. The lowest BCUT2D eigenvalue weighted by molar-refractivity contribution is 0.0926. The Morgan fingerprint density at radius 2 is 2.12 bits per heavy atom. The van der Waals surface area contributed by atoms with Gasteiger partial charge in [-0.05, 0) is 24.6 Å². The summed E-state index contributed by atoms with van der Waals surface area (Å²) in [5.41, 5.74) is 0.980. The predicted molar refractivity (Wildman–Crippen MR) is 100 cm³/mol. The van der Waals surface area contributed by atoms with Crippen LogP contribution in [-0.4, -0.2) is 65.4 Å². The van der Waals surface area contributed by atoms with Gasteiger partial charge < -0.3 is 20.5 Å². The highest BCUT2D eigenvalue weighted by Crippen LogP contribution is 2.16. The van der Waals surface area contributed by atoms with Crippen LogP contribution in [0.15, 0.2) is 23.1 Å². The summed E-state index contributed by atoms with van der Waals surface area (Å²) in [4.78, 5) is 12.4. The molecule has 1 aromatic rings. The molecule has 0 aromatic heterocycles. The fourth-order valence-electron chi connectivity index (χ4n) is 2.62. The van der Waals surface area contributed by atoms with E-state index in [0.29, 0.717) is 30.8 Å². The minimum atomic E-state index is -3.70. The molecule has 2 rings (SSSR count). The zero-order valence-electron chi connectivity index (χ0n) is 14.8. The quantitative estimate of drug-likeness (QED) is 0.438. The first-order chi connectivity index (χ1) is 11.8. The van der Waals surface area contributed by atoms with E-state index in [1.165, 1.54) is 19.2 Å². The van der Waals surface area contributed by atoms with Crippen molar-refractivity contribution in [1.29, 1.82) is 0 Å². The summed E-state index contributed by atoms with van der Waals surface area (Å²) in [6, 6.07) is 4.43. The van der Waals surface area contributed by atoms with Crippen LogP contribution in [-0.2, 0) is 14.8 Å². The number of nitrogens with one attached hydrogen (secondary N) is 3. The van der Waals surface area contributed by atoms with E-state index in [0.717, 1.165) is 0 Å². The maximum atomic E-state index is 12.4. The zero-order chi connectivity index (χ0) is 18.4. The summed E-state index contributed by atoms with van der Waals surface area (Å²) >= 11 is 0. The normalized spacial score (nSPS) is 19.8. The fourth-order valence-corrected chi connectivity index (χ4v) is 3.66. The predicted octanol–water partition coefficient (Wildman–Crippen LogP) is -0.348. The van der Waals surface area contributed by atoms with Gasteiger partial charge in [-0.15, -0.1) is 12.4 Å². The Labute approximate surface area is 160 Å². The van der Waals surface area contributed by atoms with Gasteiger partial charge in [0.05, 0.1) is 17.6 Å². The molecule has 8 nitrogen and oxygen atoms in total. The number of benzene rings is 1. The van der Waals surface area contributed by atoms with Crippen molar-refractivity contribution < 1.29 is 23.1 Å². The lowest BCUT2D eigenvalue weighted by Gasteiger charge is -2.15. The number of β-amino-alcohol motifs (C(OH)–C–C–N with tert-alkyl or cyclic N) is 1. The molecule has 1 fully saturated rings. The van der Waals surface area contributed by atoms with Crippen molar-refractivity contribution in [3.8, 4) is 0 Å². The maximum absolute atomic E-state index is 12.4. The minimum Gasteiger partial charge on any atom is -0.391 e. The third kappa shape index (κ3) is 5.90. The van der Waals surface area contributed by atoms with Crippen LogP contribution in [0.5, 0.6) is 0 Å². The van der Waals surface area contributed by atoms with E-state index in [1.54, 1.807) is 13.0 Å². The SMILES string of the molecule is COCCNS(=O)(=O)c1ccc(C)c(C(=O)NCC2CNCC2O)c1.Cl. The third-order valence-corrected chi connectivity index (χ3v) is 5.65. The smallest absolute Gasteiger partial charge is 0.251 e. The molecule has 1 aliphatic heterocycles. The van der Waals surface area contributed by atoms with E-state index < -0.39 is 16.1 Å². The highest BCUT2D eigenvalue weighted by atomic mass is 35.5. The molecule has 1 aromatic carbocycles. The van der Waals surface area contributed by atoms with Crippen LogP contribution in [0.25, 0.3) is 0 Å². The Morgan fingerprint density at radius 3 is 2.73 bits per heavy atom. The second kappa shape index (κ2) is 10.2. The van der Waals surface area contributed by atoms with Crippen LogP contribution >= 0.6 is 12.4 Å². The van der Waals surface area contributed by atoms with Crippen molar-refractivity contribution in [3.05, 3.63) is 29.3 Å². The van der Waals surface area contributed by atoms with Gasteiger partial charge in [0, 0.05) is 44.8 Å². The Balaban J connectivity index is 0.00000338. The molecule has 1 amide bonds. The van der Waals surface area contributed by atoms with E-state index in [2.05, 4.69) is 15.4 Å². The number of aliphatic hydroxyl groups excluding tert-OH is 1. The number of aryl methyl sites for hydroxylation is 1. The molecular formula is C16H26ClN3O5S. The molecule has 4 N–H and O–H groups in total. The van der Waals surface area contributed by atoms with Gasteiger partial charge >= 0.3 is 0 Å². The molecule has 0 aliphatic carbocycles. The number of sulfonamides is 1. The van der Waals surface area contributed by atoms with Gasteiger partial charge in [0.15, 0.2) is 0 Å². The van der Waals surface area contributed by atoms with E-state index in [9.17, 15) is 18.3 Å². The van der Waals surface area contributed by atoms with Gasteiger partial charge in [-0.1, -0.05) is 6.07 Å². The molecule has 10 heteroatoms. The Kier molecular flexibility index (Phi) is 8.94. The van der Waals surface area contributed by atoms with Gasteiger partial charge in [-0.2, -0.15) is 0 Å². The van der Waals surface area contributed by atoms with Crippen molar-refractivity contribution in [2.75, 3.05) is 39.9 Å². The Morgan fingerprint density at radius 1 is 1.38 bits per heavy atom. The van der Waals surface area contributed by atoms with Crippen molar-refractivity contribution in [3.63, 3.8) is 0 Å². The number of halogens is 1. The van der Waals surface area contributed by atoms with Crippen LogP contribution in [0.4, 0.5) is 0 Å². The molecule has 1 heterocycles. The van der Waals surface area contributed by atoms with Crippen LogP contribution < -0.4 is 15.4 Å². The van der Waals surface area contributed by atoms with E-state index in [4.69, 9.17) is 4.74 Å². The minimum absolute atomic E-state index is 0. The second-order valence-corrected chi connectivity index (χ2v) is 7.83. The van der Waals surface area contributed by atoms with Gasteiger partial charge in [0.1, 0.15) is 0 Å².